The van der Waals surface area contributed by atoms with E-state index in [1.807, 2.05) is 6.08 Å². The smallest absolute Gasteiger partial charge is 0.224 e. The standard InChI is InChI=1S/C26H39NO/c1-2-3-4-5-6-7-8-9-10-11-12-13-14-15-16-17-21-24-26(28)27-25-22-19-18-20-23-25/h6-7,9-10,12-13,15-16,19,22-23H,2-5,8,11,14,17-18,20-21,24H2,1H3,(H,27,28). The van der Waals surface area contributed by atoms with E-state index >= 15 is 0 Å². The average Bonchev–Trinajstić information content (AvgIpc) is 2.71. The summed E-state index contributed by atoms with van der Waals surface area (Å²) >= 11 is 0. The number of nitrogens with one attached hydrogen (secondary N) is 1. The summed E-state index contributed by atoms with van der Waals surface area (Å²) in [5.74, 6) is 0.119. The fraction of sp³-hybridized carbons (Fsp3) is 0.500. The zero-order valence-corrected chi connectivity index (χ0v) is 17.7. The van der Waals surface area contributed by atoms with Crippen LogP contribution in [0.4, 0.5) is 0 Å². The fourth-order valence-corrected chi connectivity index (χ4v) is 2.87. The summed E-state index contributed by atoms with van der Waals surface area (Å²) in [5.41, 5.74) is 0.953. The van der Waals surface area contributed by atoms with E-state index in [0.29, 0.717) is 6.42 Å². The zero-order valence-electron chi connectivity index (χ0n) is 17.7. The highest BCUT2D eigenvalue weighted by Gasteiger charge is 2.03. The molecule has 0 aromatic heterocycles. The molecule has 2 nitrogen and oxygen atoms in total. The number of carbonyl (C=O) groups excluding carboxylic acids is 1. The van der Waals surface area contributed by atoms with Crippen LogP contribution in [0.3, 0.4) is 0 Å². The van der Waals surface area contributed by atoms with Crippen LogP contribution in [0.15, 0.2) is 72.5 Å². The Morgan fingerprint density at radius 2 is 1.46 bits per heavy atom. The van der Waals surface area contributed by atoms with Crippen LogP contribution in [-0.4, -0.2) is 5.91 Å². The summed E-state index contributed by atoms with van der Waals surface area (Å²) in [6, 6.07) is 0. The molecule has 0 radical (unpaired) electrons. The summed E-state index contributed by atoms with van der Waals surface area (Å²) in [6.45, 7) is 2.24. The van der Waals surface area contributed by atoms with Gasteiger partial charge in [0.15, 0.2) is 0 Å². The Labute approximate surface area is 172 Å². The summed E-state index contributed by atoms with van der Waals surface area (Å²) in [4.78, 5) is 11.8. The largest absolute Gasteiger partial charge is 0.326 e. The molecule has 1 amide bonds. The van der Waals surface area contributed by atoms with E-state index in [1.165, 1.54) is 25.7 Å². The molecule has 0 atom stereocenters. The van der Waals surface area contributed by atoms with Gasteiger partial charge in [-0.1, -0.05) is 80.5 Å². The lowest BCUT2D eigenvalue weighted by Gasteiger charge is -2.08. The normalized spacial score (nSPS) is 14.7. The first-order valence-corrected chi connectivity index (χ1v) is 11.1. The number of allylic oxidation sites excluding steroid dienone is 11. The third-order valence-electron chi connectivity index (χ3n) is 4.51. The maximum absolute atomic E-state index is 11.8. The molecule has 1 aliphatic carbocycles. The molecule has 1 rings (SSSR count). The van der Waals surface area contributed by atoms with Crippen molar-refractivity contribution >= 4 is 5.91 Å². The summed E-state index contributed by atoms with van der Waals surface area (Å²) < 4.78 is 0. The van der Waals surface area contributed by atoms with Crippen LogP contribution in [0.1, 0.15) is 84.0 Å². The Kier molecular flexibility index (Phi) is 15.6. The van der Waals surface area contributed by atoms with Crippen LogP contribution < -0.4 is 5.32 Å². The van der Waals surface area contributed by atoms with Gasteiger partial charge in [0.05, 0.1) is 0 Å². The van der Waals surface area contributed by atoms with Gasteiger partial charge in [-0.05, 0) is 63.9 Å². The van der Waals surface area contributed by atoms with Crippen molar-refractivity contribution in [3.05, 3.63) is 72.5 Å². The van der Waals surface area contributed by atoms with Crippen molar-refractivity contribution in [2.75, 3.05) is 0 Å². The molecule has 0 saturated heterocycles. The van der Waals surface area contributed by atoms with E-state index in [4.69, 9.17) is 0 Å². The quantitative estimate of drug-likeness (QED) is 0.231. The second-order valence-corrected chi connectivity index (χ2v) is 7.17. The van der Waals surface area contributed by atoms with Gasteiger partial charge in [0.1, 0.15) is 0 Å². The molecule has 0 heterocycles. The van der Waals surface area contributed by atoms with Gasteiger partial charge in [-0.15, -0.1) is 0 Å². The Morgan fingerprint density at radius 3 is 2.04 bits per heavy atom. The molecule has 0 bridgehead atoms. The predicted molar refractivity (Wildman–Crippen MR) is 123 cm³/mol. The maximum Gasteiger partial charge on any atom is 0.224 e. The van der Waals surface area contributed by atoms with Gasteiger partial charge in [0.2, 0.25) is 5.91 Å². The Bertz CT molecular complexity index is 575. The molecule has 0 fully saturated rings. The van der Waals surface area contributed by atoms with Crippen molar-refractivity contribution in [2.45, 2.75) is 84.0 Å². The van der Waals surface area contributed by atoms with Gasteiger partial charge in [0.25, 0.3) is 0 Å². The van der Waals surface area contributed by atoms with Crippen molar-refractivity contribution in [3.8, 4) is 0 Å². The lowest BCUT2D eigenvalue weighted by molar-refractivity contribution is -0.120. The van der Waals surface area contributed by atoms with E-state index in [-0.39, 0.29) is 5.91 Å². The number of hydrogen-bond acceptors (Lipinski definition) is 1. The predicted octanol–water partition coefficient (Wildman–Crippen LogP) is 7.48. The number of hydrogen-bond donors (Lipinski definition) is 1. The molecule has 0 aliphatic heterocycles. The number of rotatable bonds is 15. The topological polar surface area (TPSA) is 29.1 Å². The Hall–Kier alpha value is -2.09. The Morgan fingerprint density at radius 1 is 0.857 bits per heavy atom. The second-order valence-electron chi connectivity index (χ2n) is 7.17. The van der Waals surface area contributed by atoms with Gasteiger partial charge >= 0.3 is 0 Å². The van der Waals surface area contributed by atoms with Crippen molar-refractivity contribution in [3.63, 3.8) is 0 Å². The first kappa shape index (κ1) is 23.9. The highest BCUT2D eigenvalue weighted by atomic mass is 16.1. The van der Waals surface area contributed by atoms with Crippen LogP contribution in [-0.2, 0) is 4.79 Å². The minimum absolute atomic E-state index is 0.119. The molecule has 0 aromatic carbocycles. The van der Waals surface area contributed by atoms with E-state index < -0.39 is 0 Å². The molecule has 1 N–H and O–H groups in total. The van der Waals surface area contributed by atoms with Crippen LogP contribution in [0, 0.1) is 0 Å². The van der Waals surface area contributed by atoms with E-state index in [9.17, 15) is 4.79 Å². The van der Waals surface area contributed by atoms with Crippen molar-refractivity contribution in [1.82, 2.24) is 5.32 Å². The summed E-state index contributed by atoms with van der Waals surface area (Å²) in [7, 11) is 0. The molecule has 154 valence electrons. The Balaban J connectivity index is 1.94. The zero-order chi connectivity index (χ0) is 20.1. The molecular weight excluding hydrogens is 342 g/mol. The number of unbranched alkanes of at least 4 members (excludes halogenated alkanes) is 4. The van der Waals surface area contributed by atoms with Crippen LogP contribution in [0.5, 0.6) is 0 Å². The highest BCUT2D eigenvalue weighted by molar-refractivity contribution is 5.78. The fourth-order valence-electron chi connectivity index (χ4n) is 2.87. The van der Waals surface area contributed by atoms with Crippen molar-refractivity contribution in [2.24, 2.45) is 0 Å². The maximum atomic E-state index is 11.8. The first-order valence-electron chi connectivity index (χ1n) is 11.1. The van der Waals surface area contributed by atoms with E-state index in [2.05, 4.69) is 73.0 Å². The first-order chi connectivity index (χ1) is 13.8. The summed E-state index contributed by atoms with van der Waals surface area (Å²) in [6.07, 6.45) is 36.7. The lowest BCUT2D eigenvalue weighted by Crippen LogP contribution is -2.21. The molecular formula is C26H39NO. The van der Waals surface area contributed by atoms with Gasteiger partial charge in [-0.3, -0.25) is 4.79 Å². The summed E-state index contributed by atoms with van der Waals surface area (Å²) in [5, 5.41) is 2.96. The molecule has 2 heteroatoms. The second kappa shape index (κ2) is 18.3. The molecule has 1 aliphatic rings. The molecule has 0 aromatic rings. The van der Waals surface area contributed by atoms with Gasteiger partial charge in [-0.25, -0.2) is 0 Å². The van der Waals surface area contributed by atoms with Crippen LogP contribution in [0.25, 0.3) is 0 Å². The minimum atomic E-state index is 0.119. The minimum Gasteiger partial charge on any atom is -0.326 e. The average molecular weight is 382 g/mol. The van der Waals surface area contributed by atoms with E-state index in [1.54, 1.807) is 0 Å². The van der Waals surface area contributed by atoms with Gasteiger partial charge in [-0.2, -0.15) is 0 Å². The van der Waals surface area contributed by atoms with Crippen molar-refractivity contribution < 1.29 is 4.79 Å². The third-order valence-corrected chi connectivity index (χ3v) is 4.51. The van der Waals surface area contributed by atoms with Crippen LogP contribution >= 0.6 is 0 Å². The molecule has 0 saturated carbocycles. The highest BCUT2D eigenvalue weighted by Crippen LogP contribution is 2.07. The van der Waals surface area contributed by atoms with Gasteiger partial charge in [0, 0.05) is 12.1 Å². The lowest BCUT2D eigenvalue weighted by atomic mass is 10.1. The monoisotopic (exact) mass is 381 g/mol. The molecule has 28 heavy (non-hydrogen) atoms. The van der Waals surface area contributed by atoms with E-state index in [0.717, 1.165) is 50.6 Å². The SMILES string of the molecule is CCCCCC=CCC=CCC=CCC=CCCCC(=O)NC1=CCCC=C1. The number of carbonyl (C=O) groups is 1. The van der Waals surface area contributed by atoms with Crippen molar-refractivity contribution in [1.29, 1.82) is 0 Å². The molecule has 0 spiro atoms. The molecule has 0 unspecified atom stereocenters. The van der Waals surface area contributed by atoms with Gasteiger partial charge < -0.3 is 5.32 Å². The third kappa shape index (κ3) is 15.0. The van der Waals surface area contributed by atoms with Crippen LogP contribution in [0.2, 0.25) is 0 Å². The number of amides is 1.